The summed E-state index contributed by atoms with van der Waals surface area (Å²) in [6.45, 7) is 0.299. The highest BCUT2D eigenvalue weighted by Crippen LogP contribution is 2.26. The Labute approximate surface area is 186 Å². The first kappa shape index (κ1) is 20.9. The van der Waals surface area contributed by atoms with Gasteiger partial charge in [-0.05, 0) is 47.5 Å². The zero-order valence-electron chi connectivity index (χ0n) is 17.3. The topological polar surface area (TPSA) is 83.4 Å². The highest BCUT2D eigenvalue weighted by atomic mass is 16.3. The third-order valence-electron chi connectivity index (χ3n) is 4.94. The SMILES string of the molecule is O=C(NCc1ccco1)Nc1ccc(NC(=O)C(c2ccccc2)c2ccccc2)cc1. The molecule has 160 valence electrons. The van der Waals surface area contributed by atoms with E-state index in [0.29, 0.717) is 23.7 Å². The predicted molar refractivity (Wildman–Crippen MR) is 124 cm³/mol. The maximum atomic E-state index is 13.2. The number of nitrogens with one attached hydrogen (secondary N) is 3. The summed E-state index contributed by atoms with van der Waals surface area (Å²) in [5.74, 6) is 0.117. The van der Waals surface area contributed by atoms with Crippen LogP contribution in [0.4, 0.5) is 16.2 Å². The Hall–Kier alpha value is -4.32. The third-order valence-corrected chi connectivity index (χ3v) is 4.94. The summed E-state index contributed by atoms with van der Waals surface area (Å²) in [5, 5.41) is 8.46. The zero-order valence-corrected chi connectivity index (χ0v) is 17.3. The van der Waals surface area contributed by atoms with Crippen LogP contribution in [0.1, 0.15) is 22.8 Å². The number of benzene rings is 3. The molecule has 0 fully saturated rings. The molecule has 1 heterocycles. The van der Waals surface area contributed by atoms with Gasteiger partial charge < -0.3 is 20.4 Å². The average Bonchev–Trinajstić information content (AvgIpc) is 3.34. The van der Waals surface area contributed by atoms with Crippen molar-refractivity contribution in [3.8, 4) is 0 Å². The number of carbonyl (C=O) groups excluding carboxylic acids is 2. The molecule has 0 saturated heterocycles. The van der Waals surface area contributed by atoms with E-state index in [-0.39, 0.29) is 11.9 Å². The van der Waals surface area contributed by atoms with E-state index in [1.165, 1.54) is 0 Å². The van der Waals surface area contributed by atoms with E-state index >= 15 is 0 Å². The number of carbonyl (C=O) groups is 2. The van der Waals surface area contributed by atoms with Crippen LogP contribution in [0.15, 0.2) is 108 Å². The maximum Gasteiger partial charge on any atom is 0.319 e. The number of hydrogen-bond donors (Lipinski definition) is 3. The van der Waals surface area contributed by atoms with Crippen LogP contribution in [-0.2, 0) is 11.3 Å². The van der Waals surface area contributed by atoms with Crippen molar-refractivity contribution >= 4 is 23.3 Å². The van der Waals surface area contributed by atoms with E-state index < -0.39 is 5.92 Å². The summed E-state index contributed by atoms with van der Waals surface area (Å²) in [7, 11) is 0. The van der Waals surface area contributed by atoms with Gasteiger partial charge >= 0.3 is 6.03 Å². The van der Waals surface area contributed by atoms with Crippen LogP contribution < -0.4 is 16.0 Å². The van der Waals surface area contributed by atoms with Crippen molar-refractivity contribution in [3.05, 3.63) is 120 Å². The second-order valence-corrected chi connectivity index (χ2v) is 7.21. The quantitative estimate of drug-likeness (QED) is 0.372. The summed E-state index contributed by atoms with van der Waals surface area (Å²) in [6, 6.07) is 29.6. The maximum absolute atomic E-state index is 13.2. The van der Waals surface area contributed by atoms with E-state index in [1.807, 2.05) is 60.7 Å². The molecular formula is C26H23N3O3. The highest BCUT2D eigenvalue weighted by Gasteiger charge is 2.22. The summed E-state index contributed by atoms with van der Waals surface area (Å²) in [4.78, 5) is 25.2. The van der Waals surface area contributed by atoms with E-state index in [9.17, 15) is 9.59 Å². The predicted octanol–water partition coefficient (Wildman–Crippen LogP) is 5.37. The Morgan fingerprint density at radius 2 is 1.25 bits per heavy atom. The molecule has 32 heavy (non-hydrogen) atoms. The lowest BCUT2D eigenvalue weighted by Crippen LogP contribution is -2.28. The van der Waals surface area contributed by atoms with Crippen molar-refractivity contribution in [1.29, 1.82) is 0 Å². The Morgan fingerprint density at radius 3 is 1.78 bits per heavy atom. The lowest BCUT2D eigenvalue weighted by Gasteiger charge is -2.18. The largest absolute Gasteiger partial charge is 0.467 e. The molecule has 1 aromatic heterocycles. The minimum atomic E-state index is -0.428. The van der Waals surface area contributed by atoms with Gasteiger partial charge in [0.15, 0.2) is 0 Å². The zero-order chi connectivity index (χ0) is 22.2. The molecule has 0 unspecified atom stereocenters. The van der Waals surface area contributed by atoms with Gasteiger partial charge in [-0.15, -0.1) is 0 Å². The van der Waals surface area contributed by atoms with Gasteiger partial charge in [-0.3, -0.25) is 4.79 Å². The lowest BCUT2D eigenvalue weighted by atomic mass is 9.90. The number of anilines is 2. The van der Waals surface area contributed by atoms with Gasteiger partial charge in [0.2, 0.25) is 5.91 Å². The summed E-state index contributed by atoms with van der Waals surface area (Å²) < 4.78 is 5.19. The van der Waals surface area contributed by atoms with Crippen LogP contribution in [0.2, 0.25) is 0 Å². The molecule has 0 aliphatic rings. The van der Waals surface area contributed by atoms with Crippen LogP contribution in [0, 0.1) is 0 Å². The Morgan fingerprint density at radius 1 is 0.688 bits per heavy atom. The van der Waals surface area contributed by atoms with Gasteiger partial charge in [0.1, 0.15) is 5.76 Å². The molecule has 3 amide bonds. The Balaban J connectivity index is 1.40. The van der Waals surface area contributed by atoms with Crippen molar-refractivity contribution in [2.75, 3.05) is 10.6 Å². The molecule has 0 saturated carbocycles. The van der Waals surface area contributed by atoms with Crippen molar-refractivity contribution in [2.24, 2.45) is 0 Å². The van der Waals surface area contributed by atoms with Crippen LogP contribution >= 0.6 is 0 Å². The molecule has 0 bridgehead atoms. The van der Waals surface area contributed by atoms with E-state index in [4.69, 9.17) is 4.42 Å². The highest BCUT2D eigenvalue weighted by molar-refractivity contribution is 5.98. The minimum Gasteiger partial charge on any atom is -0.467 e. The fraction of sp³-hybridized carbons (Fsp3) is 0.0769. The first-order valence-electron chi connectivity index (χ1n) is 10.3. The third kappa shape index (κ3) is 5.43. The minimum absolute atomic E-state index is 0.126. The first-order valence-corrected chi connectivity index (χ1v) is 10.3. The lowest BCUT2D eigenvalue weighted by molar-refractivity contribution is -0.116. The van der Waals surface area contributed by atoms with Crippen molar-refractivity contribution in [3.63, 3.8) is 0 Å². The number of rotatable bonds is 7. The monoisotopic (exact) mass is 425 g/mol. The summed E-state index contributed by atoms with van der Waals surface area (Å²) >= 11 is 0. The molecule has 3 aromatic carbocycles. The van der Waals surface area contributed by atoms with Crippen LogP contribution in [0.25, 0.3) is 0 Å². The normalized spacial score (nSPS) is 10.5. The second kappa shape index (κ2) is 10.1. The number of furan rings is 1. The van der Waals surface area contributed by atoms with Crippen LogP contribution in [0.3, 0.4) is 0 Å². The van der Waals surface area contributed by atoms with E-state index in [0.717, 1.165) is 11.1 Å². The number of amides is 3. The fourth-order valence-electron chi connectivity index (χ4n) is 3.39. The molecular weight excluding hydrogens is 402 g/mol. The molecule has 4 aromatic rings. The second-order valence-electron chi connectivity index (χ2n) is 7.21. The van der Waals surface area contributed by atoms with Crippen LogP contribution in [0.5, 0.6) is 0 Å². The summed E-state index contributed by atoms with van der Waals surface area (Å²) in [6.07, 6.45) is 1.56. The Kier molecular flexibility index (Phi) is 6.63. The molecule has 0 aliphatic carbocycles. The van der Waals surface area contributed by atoms with Gasteiger partial charge in [0.25, 0.3) is 0 Å². The van der Waals surface area contributed by atoms with Crippen LogP contribution in [-0.4, -0.2) is 11.9 Å². The smallest absolute Gasteiger partial charge is 0.319 e. The average molecular weight is 425 g/mol. The molecule has 0 atom stereocenters. The van der Waals surface area contributed by atoms with E-state index in [1.54, 1.807) is 42.7 Å². The van der Waals surface area contributed by atoms with Gasteiger partial charge in [-0.1, -0.05) is 60.7 Å². The number of urea groups is 1. The molecule has 0 radical (unpaired) electrons. The van der Waals surface area contributed by atoms with Gasteiger partial charge in [-0.25, -0.2) is 4.79 Å². The fourth-order valence-corrected chi connectivity index (χ4v) is 3.39. The van der Waals surface area contributed by atoms with Crippen molar-refractivity contribution in [2.45, 2.75) is 12.5 Å². The first-order chi connectivity index (χ1) is 15.7. The van der Waals surface area contributed by atoms with Gasteiger partial charge in [0.05, 0.1) is 18.7 Å². The molecule has 0 aliphatic heterocycles. The molecule has 0 spiro atoms. The van der Waals surface area contributed by atoms with E-state index in [2.05, 4.69) is 16.0 Å². The van der Waals surface area contributed by atoms with Crippen molar-refractivity contribution in [1.82, 2.24) is 5.32 Å². The Bertz CT molecular complexity index is 1100. The van der Waals surface area contributed by atoms with Gasteiger partial charge in [0, 0.05) is 11.4 Å². The van der Waals surface area contributed by atoms with Gasteiger partial charge in [-0.2, -0.15) is 0 Å². The summed E-state index contributed by atoms with van der Waals surface area (Å²) in [5.41, 5.74) is 3.10. The molecule has 4 rings (SSSR count). The molecule has 6 nitrogen and oxygen atoms in total. The van der Waals surface area contributed by atoms with Crippen molar-refractivity contribution < 1.29 is 14.0 Å². The molecule has 3 N–H and O–H groups in total. The standard InChI is InChI=1S/C26H23N3O3/c30-25(24(19-8-3-1-4-9-19)20-10-5-2-6-11-20)28-21-13-15-22(16-14-21)29-26(31)27-18-23-12-7-17-32-23/h1-17,24H,18H2,(H,28,30)(H2,27,29,31). The molecule has 6 heteroatoms. The number of hydrogen-bond acceptors (Lipinski definition) is 3.